The normalized spacial score (nSPS) is 31.3. The number of nitrogens with zero attached hydrogens (tertiary/aromatic N) is 2. The van der Waals surface area contributed by atoms with Crippen LogP contribution in [0.5, 0.6) is 0 Å². The predicted molar refractivity (Wildman–Crippen MR) is 89.9 cm³/mol. The van der Waals surface area contributed by atoms with E-state index in [0.29, 0.717) is 56.5 Å². The predicted octanol–water partition coefficient (Wildman–Crippen LogP) is 1.62. The number of piperidine rings is 1. The highest BCUT2D eigenvalue weighted by Crippen LogP contribution is 2.33. The van der Waals surface area contributed by atoms with Crippen LogP contribution in [0, 0.1) is 11.3 Å². The fraction of sp³-hybridized carbons (Fsp3) is 0.889. The van der Waals surface area contributed by atoms with Crippen LogP contribution in [0.1, 0.15) is 52.9 Å². The third kappa shape index (κ3) is 3.87. The van der Waals surface area contributed by atoms with E-state index in [1.165, 1.54) is 12.8 Å². The molecule has 0 radical (unpaired) electrons. The zero-order chi connectivity index (χ0) is 16.6. The number of amides is 2. The second-order valence-electron chi connectivity index (χ2n) is 8.60. The second-order valence-corrected chi connectivity index (χ2v) is 8.60. The molecule has 0 aromatic carbocycles. The Balaban J connectivity index is 1.46. The first kappa shape index (κ1) is 16.7. The average molecular weight is 321 g/mol. The highest BCUT2D eigenvalue weighted by molar-refractivity contribution is 5.82. The molecule has 0 aliphatic carbocycles. The lowest BCUT2D eigenvalue weighted by Crippen LogP contribution is -2.53. The number of hydrogen-bond acceptors (Lipinski definition) is 3. The minimum absolute atomic E-state index is 0.194. The quantitative estimate of drug-likeness (QED) is 0.841. The van der Waals surface area contributed by atoms with E-state index in [2.05, 4.69) is 5.32 Å². The van der Waals surface area contributed by atoms with Crippen molar-refractivity contribution in [3.63, 3.8) is 0 Å². The molecule has 0 spiro atoms. The van der Waals surface area contributed by atoms with E-state index in [1.807, 2.05) is 30.6 Å². The van der Waals surface area contributed by atoms with Crippen molar-refractivity contribution in [3.8, 4) is 0 Å². The maximum atomic E-state index is 12.6. The van der Waals surface area contributed by atoms with Gasteiger partial charge in [0, 0.05) is 50.1 Å². The first-order chi connectivity index (χ1) is 10.8. The van der Waals surface area contributed by atoms with Gasteiger partial charge in [-0.3, -0.25) is 9.59 Å². The van der Waals surface area contributed by atoms with Crippen molar-refractivity contribution >= 4 is 11.8 Å². The molecule has 130 valence electrons. The van der Waals surface area contributed by atoms with Gasteiger partial charge in [0.2, 0.25) is 11.8 Å². The number of carbonyl (C=O) groups is 2. The Bertz CT molecular complexity index is 451. The largest absolute Gasteiger partial charge is 0.339 e. The number of hydrogen-bond donors (Lipinski definition) is 1. The molecule has 23 heavy (non-hydrogen) atoms. The van der Waals surface area contributed by atoms with Gasteiger partial charge < -0.3 is 15.1 Å². The molecule has 2 amide bonds. The molecule has 3 aliphatic rings. The molecule has 2 atom stereocenters. The Morgan fingerprint density at radius 1 is 0.957 bits per heavy atom. The fourth-order valence-electron chi connectivity index (χ4n) is 4.35. The molecule has 3 heterocycles. The summed E-state index contributed by atoms with van der Waals surface area (Å²) in [7, 11) is 0. The number of fused-ring (bicyclic) bond motifs is 2. The van der Waals surface area contributed by atoms with E-state index < -0.39 is 0 Å². The molecule has 0 aromatic heterocycles. The van der Waals surface area contributed by atoms with Crippen LogP contribution < -0.4 is 5.32 Å². The summed E-state index contributed by atoms with van der Waals surface area (Å²) in [5.74, 6) is 1.04. The van der Waals surface area contributed by atoms with Crippen LogP contribution in [0.3, 0.4) is 0 Å². The maximum absolute atomic E-state index is 12.6. The van der Waals surface area contributed by atoms with Crippen LogP contribution in [0.4, 0.5) is 0 Å². The first-order valence-corrected chi connectivity index (χ1v) is 9.16. The van der Waals surface area contributed by atoms with E-state index in [9.17, 15) is 9.59 Å². The highest BCUT2D eigenvalue weighted by Gasteiger charge is 2.36. The molecule has 2 bridgehead atoms. The van der Waals surface area contributed by atoms with Crippen LogP contribution in [0.25, 0.3) is 0 Å². The van der Waals surface area contributed by atoms with E-state index in [1.54, 1.807) is 0 Å². The lowest BCUT2D eigenvalue weighted by Gasteiger charge is -2.38. The zero-order valence-corrected chi connectivity index (χ0v) is 14.8. The van der Waals surface area contributed by atoms with Crippen molar-refractivity contribution in [1.29, 1.82) is 0 Å². The topological polar surface area (TPSA) is 52.7 Å². The Kier molecular flexibility index (Phi) is 4.68. The molecule has 1 N–H and O–H groups in total. The zero-order valence-electron chi connectivity index (χ0n) is 14.8. The van der Waals surface area contributed by atoms with E-state index in [4.69, 9.17) is 0 Å². The van der Waals surface area contributed by atoms with Crippen LogP contribution in [-0.2, 0) is 9.59 Å². The Morgan fingerprint density at radius 2 is 1.48 bits per heavy atom. The van der Waals surface area contributed by atoms with Gasteiger partial charge in [-0.25, -0.2) is 0 Å². The third-order valence-corrected chi connectivity index (χ3v) is 5.60. The summed E-state index contributed by atoms with van der Waals surface area (Å²) in [5.41, 5.74) is -0.333. The lowest BCUT2D eigenvalue weighted by molar-refractivity contribution is -0.145. The van der Waals surface area contributed by atoms with Crippen LogP contribution in [0.2, 0.25) is 0 Å². The summed E-state index contributed by atoms with van der Waals surface area (Å²) in [6, 6.07) is 1.29. The maximum Gasteiger partial charge on any atom is 0.228 e. The monoisotopic (exact) mass is 321 g/mol. The van der Waals surface area contributed by atoms with E-state index in [0.717, 1.165) is 12.8 Å². The summed E-state index contributed by atoms with van der Waals surface area (Å²) in [4.78, 5) is 28.8. The van der Waals surface area contributed by atoms with Crippen molar-refractivity contribution in [2.24, 2.45) is 11.3 Å². The summed E-state index contributed by atoms with van der Waals surface area (Å²) in [5, 5.41) is 3.64. The molecule has 3 fully saturated rings. The van der Waals surface area contributed by atoms with Gasteiger partial charge in [-0.15, -0.1) is 0 Å². The molecule has 3 rings (SSSR count). The third-order valence-electron chi connectivity index (χ3n) is 5.60. The summed E-state index contributed by atoms with van der Waals surface area (Å²) >= 11 is 0. The van der Waals surface area contributed by atoms with Crippen molar-refractivity contribution in [1.82, 2.24) is 15.1 Å². The first-order valence-electron chi connectivity index (χ1n) is 9.16. The van der Waals surface area contributed by atoms with Gasteiger partial charge in [0.15, 0.2) is 0 Å². The van der Waals surface area contributed by atoms with Gasteiger partial charge in [0.05, 0.1) is 0 Å². The van der Waals surface area contributed by atoms with Crippen molar-refractivity contribution in [2.75, 3.05) is 26.2 Å². The molecular formula is C18H31N3O2. The molecule has 3 saturated heterocycles. The van der Waals surface area contributed by atoms with Gasteiger partial charge in [-0.2, -0.15) is 0 Å². The van der Waals surface area contributed by atoms with Gasteiger partial charge in [-0.05, 0) is 31.6 Å². The van der Waals surface area contributed by atoms with Crippen LogP contribution in [0.15, 0.2) is 0 Å². The van der Waals surface area contributed by atoms with E-state index in [-0.39, 0.29) is 11.3 Å². The van der Waals surface area contributed by atoms with E-state index >= 15 is 0 Å². The SMILES string of the molecule is CC(C)(C)C(=O)N1CCN(C(=O)CC2CC3CCC(C2)N3)CC1. The summed E-state index contributed by atoms with van der Waals surface area (Å²) < 4.78 is 0. The van der Waals surface area contributed by atoms with Gasteiger partial charge in [0.1, 0.15) is 0 Å². The number of rotatable bonds is 2. The van der Waals surface area contributed by atoms with Crippen molar-refractivity contribution < 1.29 is 9.59 Å². The summed E-state index contributed by atoms with van der Waals surface area (Å²) in [6.07, 6.45) is 5.57. The van der Waals surface area contributed by atoms with Crippen molar-refractivity contribution in [2.45, 2.75) is 65.0 Å². The highest BCUT2D eigenvalue weighted by atomic mass is 16.2. The van der Waals surface area contributed by atoms with Gasteiger partial charge in [-0.1, -0.05) is 20.8 Å². The Labute approximate surface area is 139 Å². The Hall–Kier alpha value is -1.10. The fourth-order valence-corrected chi connectivity index (χ4v) is 4.35. The smallest absolute Gasteiger partial charge is 0.228 e. The molecule has 0 aromatic rings. The minimum Gasteiger partial charge on any atom is -0.339 e. The van der Waals surface area contributed by atoms with Crippen molar-refractivity contribution in [3.05, 3.63) is 0 Å². The number of nitrogens with one attached hydrogen (secondary N) is 1. The van der Waals surface area contributed by atoms with Gasteiger partial charge >= 0.3 is 0 Å². The second kappa shape index (κ2) is 6.42. The van der Waals surface area contributed by atoms with Crippen LogP contribution >= 0.6 is 0 Å². The minimum atomic E-state index is -0.333. The summed E-state index contributed by atoms with van der Waals surface area (Å²) in [6.45, 7) is 8.62. The molecule has 5 nitrogen and oxygen atoms in total. The molecule has 5 heteroatoms. The molecule has 2 unspecified atom stereocenters. The average Bonchev–Trinajstić information content (AvgIpc) is 2.84. The molecular weight excluding hydrogens is 290 g/mol. The lowest BCUT2D eigenvalue weighted by atomic mass is 9.89. The molecule has 3 aliphatic heterocycles. The number of carbonyl (C=O) groups excluding carboxylic acids is 2. The standard InChI is InChI=1S/C18H31N3O2/c1-18(2,3)17(23)21-8-6-20(7-9-21)16(22)12-13-10-14-4-5-15(11-13)19-14/h13-15,19H,4-12H2,1-3H3. The van der Waals surface area contributed by atoms with Crippen LogP contribution in [-0.4, -0.2) is 59.9 Å². The molecule has 0 saturated carbocycles. The number of piperazine rings is 1. The Morgan fingerprint density at radius 3 is 2.00 bits per heavy atom. The van der Waals surface area contributed by atoms with Gasteiger partial charge in [0.25, 0.3) is 0 Å².